The molecule has 0 aliphatic rings. The van der Waals surface area contributed by atoms with Crippen molar-refractivity contribution in [2.24, 2.45) is 5.10 Å². The van der Waals surface area contributed by atoms with Gasteiger partial charge in [0.1, 0.15) is 5.82 Å². The van der Waals surface area contributed by atoms with Crippen LogP contribution >= 0.6 is 0 Å². The number of halogens is 1. The molecule has 2 aromatic rings. The smallest absolute Gasteiger partial charge is 0.267 e. The van der Waals surface area contributed by atoms with Gasteiger partial charge in [0.2, 0.25) is 0 Å². The summed E-state index contributed by atoms with van der Waals surface area (Å²) >= 11 is 0. The maximum atomic E-state index is 13.6. The van der Waals surface area contributed by atoms with Crippen molar-refractivity contribution in [1.29, 1.82) is 0 Å². The molecule has 0 unspecified atom stereocenters. The number of carbonyl (C=O) groups is 1. The van der Waals surface area contributed by atoms with E-state index < -0.39 is 0 Å². The number of amides is 1. The normalized spacial score (nSPS) is 11.2. The molecule has 20 heavy (non-hydrogen) atoms. The fourth-order valence-corrected chi connectivity index (χ4v) is 1.84. The largest absolute Gasteiger partial charge is 0.271 e. The van der Waals surface area contributed by atoms with Crippen LogP contribution in [0.1, 0.15) is 28.4 Å². The summed E-state index contributed by atoms with van der Waals surface area (Å²) in [7, 11) is 0. The minimum atomic E-state index is -0.362. The lowest BCUT2D eigenvalue weighted by Crippen LogP contribution is -2.20. The van der Waals surface area contributed by atoms with Gasteiger partial charge in [-0.1, -0.05) is 36.4 Å². The predicted molar refractivity (Wildman–Crippen MR) is 77.3 cm³/mol. The van der Waals surface area contributed by atoms with Crippen LogP contribution in [0.5, 0.6) is 0 Å². The Morgan fingerprint density at radius 2 is 1.65 bits per heavy atom. The van der Waals surface area contributed by atoms with Gasteiger partial charge in [-0.3, -0.25) is 4.79 Å². The highest BCUT2D eigenvalue weighted by Crippen LogP contribution is 2.09. The molecule has 1 amide bonds. The summed E-state index contributed by atoms with van der Waals surface area (Å²) in [6.45, 7) is 3.50. The predicted octanol–water partition coefficient (Wildman–Crippen LogP) is 3.29. The molecule has 4 heteroatoms. The molecule has 2 rings (SSSR count). The van der Waals surface area contributed by atoms with E-state index in [-0.39, 0.29) is 11.7 Å². The molecule has 0 atom stereocenters. The van der Waals surface area contributed by atoms with Crippen LogP contribution < -0.4 is 5.43 Å². The van der Waals surface area contributed by atoms with Crippen LogP contribution in [-0.4, -0.2) is 11.6 Å². The number of hydrazone groups is 1. The van der Waals surface area contributed by atoms with Gasteiger partial charge in [0.25, 0.3) is 5.91 Å². The fourth-order valence-electron chi connectivity index (χ4n) is 1.84. The maximum absolute atomic E-state index is 13.6. The molecule has 0 aliphatic carbocycles. The first-order chi connectivity index (χ1) is 9.59. The molecular weight excluding hydrogens is 255 g/mol. The minimum absolute atomic E-state index is 0.307. The molecule has 2 aromatic carbocycles. The van der Waals surface area contributed by atoms with E-state index in [0.29, 0.717) is 16.8 Å². The van der Waals surface area contributed by atoms with Gasteiger partial charge in [-0.25, -0.2) is 9.82 Å². The van der Waals surface area contributed by atoms with Crippen LogP contribution in [0.4, 0.5) is 4.39 Å². The Balaban J connectivity index is 2.16. The Morgan fingerprint density at radius 3 is 2.30 bits per heavy atom. The van der Waals surface area contributed by atoms with Crippen LogP contribution in [-0.2, 0) is 0 Å². The number of hydrogen-bond acceptors (Lipinski definition) is 2. The van der Waals surface area contributed by atoms with Crippen LogP contribution in [0.25, 0.3) is 0 Å². The quantitative estimate of drug-likeness (QED) is 0.675. The van der Waals surface area contributed by atoms with Crippen LogP contribution in [0.15, 0.2) is 53.6 Å². The van der Waals surface area contributed by atoms with E-state index in [1.165, 1.54) is 6.07 Å². The van der Waals surface area contributed by atoms with E-state index in [2.05, 4.69) is 10.5 Å². The van der Waals surface area contributed by atoms with Gasteiger partial charge in [0.05, 0.1) is 5.71 Å². The molecule has 0 fully saturated rings. The molecule has 0 aromatic heterocycles. The molecule has 3 nitrogen and oxygen atoms in total. The third-order valence-electron chi connectivity index (χ3n) is 2.98. The zero-order valence-electron chi connectivity index (χ0n) is 11.4. The van der Waals surface area contributed by atoms with Crippen molar-refractivity contribution >= 4 is 11.6 Å². The number of nitrogens with one attached hydrogen (secondary N) is 1. The highest BCUT2D eigenvalue weighted by atomic mass is 19.1. The molecule has 102 valence electrons. The standard InChI is InChI=1S/C16H15FN2O/c1-11-7-3-4-8-13(11)16(20)19-18-12(2)14-9-5-6-10-15(14)17/h3-10H,1-2H3,(H,19,20)/b18-12-. The highest BCUT2D eigenvalue weighted by molar-refractivity contribution is 6.01. The maximum Gasteiger partial charge on any atom is 0.271 e. The molecule has 0 heterocycles. The lowest BCUT2D eigenvalue weighted by Gasteiger charge is -2.05. The SMILES string of the molecule is C/C(=N/NC(=O)c1ccccc1C)c1ccccc1F. The molecule has 0 aliphatic heterocycles. The van der Waals surface area contributed by atoms with Crippen molar-refractivity contribution in [3.63, 3.8) is 0 Å². The van der Waals surface area contributed by atoms with E-state index in [0.717, 1.165) is 5.56 Å². The summed E-state index contributed by atoms with van der Waals surface area (Å²) in [5, 5.41) is 3.95. The Morgan fingerprint density at radius 1 is 1.05 bits per heavy atom. The molecule has 0 saturated carbocycles. The first kappa shape index (κ1) is 13.9. The van der Waals surface area contributed by atoms with Gasteiger partial charge in [0.15, 0.2) is 0 Å². The second-order valence-electron chi connectivity index (χ2n) is 4.43. The molecular formula is C16H15FN2O. The summed E-state index contributed by atoms with van der Waals surface area (Å²) in [5.74, 6) is -0.669. The van der Waals surface area contributed by atoms with E-state index in [1.807, 2.05) is 19.1 Å². The molecule has 0 spiro atoms. The van der Waals surface area contributed by atoms with Crippen molar-refractivity contribution in [3.05, 3.63) is 71.0 Å². The Labute approximate surface area is 117 Å². The first-order valence-electron chi connectivity index (χ1n) is 6.25. The summed E-state index contributed by atoms with van der Waals surface area (Å²) < 4.78 is 13.6. The second kappa shape index (κ2) is 6.10. The van der Waals surface area contributed by atoms with E-state index >= 15 is 0 Å². The Bertz CT molecular complexity index is 665. The number of rotatable bonds is 3. The Kier molecular flexibility index (Phi) is 4.25. The number of carbonyl (C=O) groups excluding carboxylic acids is 1. The zero-order chi connectivity index (χ0) is 14.5. The van der Waals surface area contributed by atoms with Crippen molar-refractivity contribution in [2.75, 3.05) is 0 Å². The third-order valence-corrected chi connectivity index (χ3v) is 2.98. The summed E-state index contributed by atoms with van der Waals surface area (Å²) in [4.78, 5) is 12.0. The van der Waals surface area contributed by atoms with Crippen LogP contribution in [0.3, 0.4) is 0 Å². The highest BCUT2D eigenvalue weighted by Gasteiger charge is 2.08. The fraction of sp³-hybridized carbons (Fsp3) is 0.125. The molecule has 0 radical (unpaired) electrons. The number of benzene rings is 2. The Hall–Kier alpha value is -2.49. The van der Waals surface area contributed by atoms with Gasteiger partial charge < -0.3 is 0 Å². The number of nitrogens with zero attached hydrogens (tertiary/aromatic N) is 1. The van der Waals surface area contributed by atoms with Gasteiger partial charge in [-0.15, -0.1) is 0 Å². The van der Waals surface area contributed by atoms with E-state index in [9.17, 15) is 9.18 Å². The molecule has 1 N–H and O–H groups in total. The molecule has 0 saturated heterocycles. The van der Waals surface area contributed by atoms with Gasteiger partial charge >= 0.3 is 0 Å². The van der Waals surface area contributed by atoms with E-state index in [1.54, 1.807) is 37.3 Å². The van der Waals surface area contributed by atoms with Crippen molar-refractivity contribution in [2.45, 2.75) is 13.8 Å². The number of aryl methyl sites for hydroxylation is 1. The zero-order valence-corrected chi connectivity index (χ0v) is 11.4. The summed E-state index contributed by atoms with van der Waals surface area (Å²) in [6, 6.07) is 13.5. The lowest BCUT2D eigenvalue weighted by molar-refractivity contribution is 0.0954. The van der Waals surface area contributed by atoms with Gasteiger partial charge in [-0.2, -0.15) is 5.10 Å². The van der Waals surface area contributed by atoms with Crippen LogP contribution in [0.2, 0.25) is 0 Å². The monoisotopic (exact) mass is 270 g/mol. The van der Waals surface area contributed by atoms with Gasteiger partial charge in [-0.05, 0) is 31.5 Å². The topological polar surface area (TPSA) is 41.5 Å². The summed E-state index contributed by atoms with van der Waals surface area (Å²) in [6.07, 6.45) is 0. The second-order valence-corrected chi connectivity index (χ2v) is 4.43. The average molecular weight is 270 g/mol. The molecule has 0 bridgehead atoms. The first-order valence-corrected chi connectivity index (χ1v) is 6.25. The lowest BCUT2D eigenvalue weighted by atomic mass is 10.1. The summed E-state index contributed by atoms with van der Waals surface area (Å²) in [5.41, 5.74) is 4.66. The van der Waals surface area contributed by atoms with Crippen LogP contribution in [0, 0.1) is 12.7 Å². The average Bonchev–Trinajstić information content (AvgIpc) is 2.45. The number of hydrogen-bond donors (Lipinski definition) is 1. The van der Waals surface area contributed by atoms with Crippen molar-refractivity contribution in [1.82, 2.24) is 5.43 Å². The van der Waals surface area contributed by atoms with Gasteiger partial charge in [0, 0.05) is 11.1 Å². The van der Waals surface area contributed by atoms with E-state index in [4.69, 9.17) is 0 Å². The third kappa shape index (κ3) is 3.09. The minimum Gasteiger partial charge on any atom is -0.267 e. The van der Waals surface area contributed by atoms with Crippen molar-refractivity contribution in [3.8, 4) is 0 Å². The van der Waals surface area contributed by atoms with Crippen molar-refractivity contribution < 1.29 is 9.18 Å².